The fourth-order valence-electron chi connectivity index (χ4n) is 8.87. The second kappa shape index (κ2) is 17.0. The lowest BCUT2D eigenvalue weighted by atomic mass is 10.1. The van der Waals surface area contributed by atoms with Crippen molar-refractivity contribution >= 4 is 65.8 Å². The van der Waals surface area contributed by atoms with Crippen molar-refractivity contribution in [1.29, 1.82) is 0 Å². The number of pyridine rings is 4. The Morgan fingerprint density at radius 3 is 1.48 bits per heavy atom. The maximum Gasteiger partial charge on any atom is 0.235 e. The van der Waals surface area contributed by atoms with Gasteiger partial charge in [-0.15, -0.1) is 0 Å². The Bertz CT molecular complexity index is 3680. The molecule has 0 atom stereocenters. The van der Waals surface area contributed by atoms with Gasteiger partial charge in [-0.2, -0.15) is 0 Å². The quantitative estimate of drug-likeness (QED) is 0.175. The third-order valence-electron chi connectivity index (χ3n) is 11.8. The molecule has 0 spiro atoms. The number of nitrogens with zero attached hydrogens (tertiary/aromatic N) is 9. The molecule has 8 heterocycles. The van der Waals surface area contributed by atoms with Crippen LogP contribution in [-0.2, 0) is 0 Å². The molecule has 0 radical (unpaired) electrons. The third-order valence-corrected chi connectivity index (χ3v) is 11.8. The average molecular weight is 854 g/mol. The first-order valence-electron chi connectivity index (χ1n) is 21.9. The van der Waals surface area contributed by atoms with E-state index in [0.29, 0.717) is 5.95 Å². The van der Waals surface area contributed by atoms with Crippen molar-refractivity contribution in [3.63, 3.8) is 0 Å². The van der Waals surface area contributed by atoms with Crippen LogP contribution in [0.1, 0.15) is 16.7 Å². The van der Waals surface area contributed by atoms with Gasteiger partial charge in [0.1, 0.15) is 17.1 Å². The maximum atomic E-state index is 5.01. The molecule has 0 saturated heterocycles. The van der Waals surface area contributed by atoms with E-state index in [-0.39, 0.29) is 0 Å². The molecule has 0 bridgehead atoms. The number of benzene rings is 5. The summed E-state index contributed by atoms with van der Waals surface area (Å²) in [7, 11) is 0. The number of hydrogen-bond acceptors (Lipinski definition) is 6. The fourth-order valence-corrected chi connectivity index (χ4v) is 8.87. The zero-order valence-corrected chi connectivity index (χ0v) is 36.7. The Kier molecular flexibility index (Phi) is 10.3. The molecule has 8 aromatic heterocycles. The predicted octanol–water partition coefficient (Wildman–Crippen LogP) is 13.3. The zero-order chi connectivity index (χ0) is 44.6. The second-order valence-corrected chi connectivity index (χ2v) is 16.3. The molecule has 0 fully saturated rings. The average Bonchev–Trinajstić information content (AvgIpc) is 4.00. The highest BCUT2D eigenvalue weighted by Crippen LogP contribution is 2.34. The Hall–Kier alpha value is -8.82. The number of rotatable bonds is 4. The van der Waals surface area contributed by atoms with Gasteiger partial charge in [-0.25, -0.2) is 29.9 Å². The van der Waals surface area contributed by atoms with Gasteiger partial charge < -0.3 is 0 Å². The van der Waals surface area contributed by atoms with E-state index < -0.39 is 0 Å². The van der Waals surface area contributed by atoms with Crippen LogP contribution in [0, 0.1) is 20.8 Å². The van der Waals surface area contributed by atoms with Gasteiger partial charge in [0.2, 0.25) is 5.95 Å². The van der Waals surface area contributed by atoms with Crippen LogP contribution in [0.5, 0.6) is 0 Å². The zero-order valence-electron chi connectivity index (χ0n) is 36.7. The van der Waals surface area contributed by atoms with Crippen molar-refractivity contribution in [2.75, 3.05) is 0 Å². The molecule has 0 aliphatic rings. The SMILES string of the molecule is Cc1ccc2c(c1)c1cccnc1n2-c1ccccc1.Cc1ccc2c(c1)c1cccnc1n2-c1ncccn1.Cc1ccc2c(c1)c1nc(-c3ccccc3)ccc1n2-c1ccccn1. The lowest BCUT2D eigenvalue weighted by molar-refractivity contribution is 0.975. The molecule has 9 nitrogen and oxygen atoms in total. The molecule has 9 heteroatoms. The minimum atomic E-state index is 0.648. The lowest BCUT2D eigenvalue weighted by Crippen LogP contribution is -2.00. The molecule has 0 amide bonds. The summed E-state index contributed by atoms with van der Waals surface area (Å²) in [6, 6.07) is 60.4. The Morgan fingerprint density at radius 1 is 0.348 bits per heavy atom. The number of aromatic nitrogens is 9. The Morgan fingerprint density at radius 2 is 0.864 bits per heavy atom. The van der Waals surface area contributed by atoms with Crippen LogP contribution in [0.3, 0.4) is 0 Å². The van der Waals surface area contributed by atoms with E-state index in [0.717, 1.165) is 66.9 Å². The first kappa shape index (κ1) is 40.0. The van der Waals surface area contributed by atoms with E-state index in [1.165, 1.54) is 38.4 Å². The van der Waals surface area contributed by atoms with Crippen LogP contribution in [-0.4, -0.2) is 43.6 Å². The molecular weight excluding hydrogens is 811 g/mol. The minimum absolute atomic E-state index is 0.648. The normalized spacial score (nSPS) is 11.3. The van der Waals surface area contributed by atoms with Crippen LogP contribution in [0.4, 0.5) is 0 Å². The summed E-state index contributed by atoms with van der Waals surface area (Å²) in [6.07, 6.45) is 8.97. The van der Waals surface area contributed by atoms with Gasteiger partial charge in [0, 0.05) is 69.2 Å². The van der Waals surface area contributed by atoms with Gasteiger partial charge in [-0.3, -0.25) is 13.7 Å². The highest BCUT2D eigenvalue weighted by molar-refractivity contribution is 6.09. The molecule has 316 valence electrons. The number of para-hydroxylation sites is 1. The summed E-state index contributed by atoms with van der Waals surface area (Å²) in [5.74, 6) is 1.56. The molecule has 0 aliphatic heterocycles. The number of hydrogen-bond donors (Lipinski definition) is 0. The molecule has 0 N–H and O–H groups in total. The van der Waals surface area contributed by atoms with Crippen molar-refractivity contribution in [2.24, 2.45) is 0 Å². The number of fused-ring (bicyclic) bond motifs is 9. The van der Waals surface area contributed by atoms with Gasteiger partial charge in [-0.05, 0) is 124 Å². The molecule has 13 aromatic rings. The van der Waals surface area contributed by atoms with Gasteiger partial charge >= 0.3 is 0 Å². The van der Waals surface area contributed by atoms with E-state index in [9.17, 15) is 0 Å². The molecule has 0 aliphatic carbocycles. The largest absolute Gasteiger partial charge is 0.294 e. The highest BCUT2D eigenvalue weighted by Gasteiger charge is 2.17. The molecule has 5 aromatic carbocycles. The molecule has 0 saturated carbocycles. The van der Waals surface area contributed by atoms with Crippen molar-refractivity contribution < 1.29 is 0 Å². The van der Waals surface area contributed by atoms with Crippen LogP contribution in [0.25, 0.3) is 94.5 Å². The van der Waals surface area contributed by atoms with Gasteiger partial charge in [-0.1, -0.05) is 89.5 Å². The van der Waals surface area contributed by atoms with Crippen molar-refractivity contribution in [3.05, 3.63) is 224 Å². The molecular formula is C57H43N9. The summed E-state index contributed by atoms with van der Waals surface area (Å²) in [5, 5.41) is 5.93. The predicted molar refractivity (Wildman–Crippen MR) is 269 cm³/mol. The fraction of sp³-hybridized carbons (Fsp3) is 0.0526. The standard InChI is InChI=1S/C23H17N3.C18H14N2.C16H12N4/c1-16-10-12-20-18(15-16)23-21(26(20)22-9-5-6-14-24-22)13-11-19(25-23)17-7-3-2-4-8-17;1-13-9-10-17-16(12-13)15-8-5-11-19-18(15)20(17)14-6-3-2-4-7-14;1-11-5-6-14-13(10-11)12-4-2-7-17-15(12)20(14)16-18-8-3-9-19-16/h2-15H,1H3;2-12H,1H3;2-10H,1H3. The third kappa shape index (κ3) is 7.28. The molecule has 13 rings (SSSR count). The first-order valence-corrected chi connectivity index (χ1v) is 21.9. The molecule has 66 heavy (non-hydrogen) atoms. The maximum absolute atomic E-state index is 5.01. The van der Waals surface area contributed by atoms with Gasteiger partial charge in [0.15, 0.2) is 0 Å². The van der Waals surface area contributed by atoms with Crippen molar-refractivity contribution in [1.82, 2.24) is 43.6 Å². The summed E-state index contributed by atoms with van der Waals surface area (Å²) in [5.41, 5.74) is 14.4. The summed E-state index contributed by atoms with van der Waals surface area (Å²) in [6.45, 7) is 6.34. The van der Waals surface area contributed by atoms with E-state index >= 15 is 0 Å². The monoisotopic (exact) mass is 853 g/mol. The van der Waals surface area contributed by atoms with Crippen LogP contribution >= 0.6 is 0 Å². The second-order valence-electron chi connectivity index (χ2n) is 16.3. The summed E-state index contributed by atoms with van der Waals surface area (Å²) < 4.78 is 6.42. The topological polar surface area (TPSA) is 92.1 Å². The Balaban J connectivity index is 0.000000111. The van der Waals surface area contributed by atoms with Crippen LogP contribution < -0.4 is 0 Å². The summed E-state index contributed by atoms with van der Waals surface area (Å²) in [4.78, 5) is 27.4. The molecule has 0 unspecified atom stereocenters. The van der Waals surface area contributed by atoms with Crippen LogP contribution in [0.15, 0.2) is 207 Å². The van der Waals surface area contributed by atoms with E-state index in [1.807, 2.05) is 77.6 Å². The highest BCUT2D eigenvalue weighted by atomic mass is 15.2. The van der Waals surface area contributed by atoms with Crippen molar-refractivity contribution in [2.45, 2.75) is 20.8 Å². The Labute approximate surface area is 381 Å². The van der Waals surface area contributed by atoms with Crippen molar-refractivity contribution in [3.8, 4) is 28.7 Å². The van der Waals surface area contributed by atoms with E-state index in [1.54, 1.807) is 18.6 Å². The van der Waals surface area contributed by atoms with Gasteiger partial charge in [0.25, 0.3) is 0 Å². The van der Waals surface area contributed by atoms with Crippen LogP contribution in [0.2, 0.25) is 0 Å². The lowest BCUT2D eigenvalue weighted by Gasteiger charge is -2.06. The smallest absolute Gasteiger partial charge is 0.235 e. The summed E-state index contributed by atoms with van der Waals surface area (Å²) >= 11 is 0. The minimum Gasteiger partial charge on any atom is -0.294 e. The van der Waals surface area contributed by atoms with Gasteiger partial charge in [0.05, 0.1) is 33.3 Å². The number of aryl methyl sites for hydroxylation is 3. The first-order chi connectivity index (χ1) is 32.5. The van der Waals surface area contributed by atoms with E-state index in [4.69, 9.17) is 4.98 Å². The van der Waals surface area contributed by atoms with E-state index in [2.05, 4.69) is 170 Å².